The first-order chi connectivity index (χ1) is 8.80. The van der Waals surface area contributed by atoms with E-state index >= 15 is 0 Å². The largest absolute Gasteiger partial charge is 0.379 e. The molecule has 0 radical (unpaired) electrons. The van der Waals surface area contributed by atoms with Crippen LogP contribution in [0.25, 0.3) is 0 Å². The number of likely N-dealkylation sites (N-methyl/N-ethyl adjacent to an activating group) is 1. The zero-order chi connectivity index (χ0) is 13.0. The van der Waals surface area contributed by atoms with Gasteiger partial charge in [-0.2, -0.15) is 0 Å². The minimum absolute atomic E-state index is 0.312. The molecule has 1 fully saturated rings. The van der Waals surface area contributed by atoms with E-state index in [2.05, 4.69) is 36.5 Å². The van der Waals surface area contributed by atoms with Gasteiger partial charge in [-0.15, -0.1) is 0 Å². The predicted molar refractivity (Wildman–Crippen MR) is 75.8 cm³/mol. The molecule has 1 aromatic carbocycles. The highest BCUT2D eigenvalue weighted by molar-refractivity contribution is 5.27. The highest BCUT2D eigenvalue weighted by Gasteiger charge is 2.36. The Balaban J connectivity index is 2.17. The fourth-order valence-electron chi connectivity index (χ4n) is 2.78. The van der Waals surface area contributed by atoms with Gasteiger partial charge < -0.3 is 10.1 Å². The number of nitrogens with one attached hydrogen (secondary N) is 1. The first kappa shape index (κ1) is 13.6. The lowest BCUT2D eigenvalue weighted by Gasteiger charge is -2.26. The van der Waals surface area contributed by atoms with Crippen LogP contribution in [-0.4, -0.2) is 20.3 Å². The van der Waals surface area contributed by atoms with Crippen molar-refractivity contribution < 1.29 is 4.74 Å². The highest BCUT2D eigenvalue weighted by atomic mass is 16.5. The Labute approximate surface area is 111 Å². The van der Waals surface area contributed by atoms with E-state index in [9.17, 15) is 0 Å². The molecule has 1 aliphatic carbocycles. The van der Waals surface area contributed by atoms with Gasteiger partial charge in [0, 0.05) is 7.11 Å². The highest BCUT2D eigenvalue weighted by Crippen LogP contribution is 2.39. The van der Waals surface area contributed by atoms with Gasteiger partial charge >= 0.3 is 0 Å². The third kappa shape index (κ3) is 3.12. The van der Waals surface area contributed by atoms with Gasteiger partial charge in [0.25, 0.3) is 0 Å². The average molecular weight is 247 g/mol. The van der Waals surface area contributed by atoms with Gasteiger partial charge in [0.15, 0.2) is 0 Å². The number of aryl methyl sites for hydroxylation is 1. The number of benzene rings is 1. The summed E-state index contributed by atoms with van der Waals surface area (Å²) < 4.78 is 5.72. The number of hydrogen-bond acceptors (Lipinski definition) is 2. The lowest BCUT2D eigenvalue weighted by atomic mass is 9.95. The molecule has 2 nitrogen and oxygen atoms in total. The van der Waals surface area contributed by atoms with E-state index in [1.54, 1.807) is 0 Å². The van der Waals surface area contributed by atoms with Crippen LogP contribution in [0.15, 0.2) is 24.3 Å². The molecule has 2 rings (SSSR count). The van der Waals surface area contributed by atoms with Crippen molar-refractivity contribution in [2.24, 2.45) is 5.92 Å². The van der Waals surface area contributed by atoms with Crippen molar-refractivity contribution in [2.75, 3.05) is 14.2 Å². The van der Waals surface area contributed by atoms with Crippen LogP contribution >= 0.6 is 0 Å². The maximum atomic E-state index is 5.72. The van der Waals surface area contributed by atoms with Gasteiger partial charge in [0.2, 0.25) is 0 Å². The minimum Gasteiger partial charge on any atom is -0.379 e. The molecule has 0 bridgehead atoms. The Hall–Kier alpha value is -0.860. The zero-order valence-electron chi connectivity index (χ0n) is 11.8. The van der Waals surface area contributed by atoms with Crippen molar-refractivity contribution in [2.45, 2.75) is 44.8 Å². The number of rotatable bonds is 7. The molecule has 100 valence electrons. The zero-order valence-corrected chi connectivity index (χ0v) is 11.8. The smallest absolute Gasteiger partial charge is 0.0793 e. The van der Waals surface area contributed by atoms with Crippen LogP contribution in [0.5, 0.6) is 0 Å². The summed E-state index contributed by atoms with van der Waals surface area (Å²) in [5, 5.41) is 3.44. The second-order valence-corrected chi connectivity index (χ2v) is 5.30. The predicted octanol–water partition coefficient (Wildman–Crippen LogP) is 3.32. The Bertz CT molecular complexity index is 373. The van der Waals surface area contributed by atoms with E-state index in [4.69, 9.17) is 4.74 Å². The molecule has 1 saturated carbocycles. The standard InChI is InChI=1S/C16H25NO/c1-4-6-12-7-5-8-14(11-12)15(17-2)16(18-3)13-9-10-13/h5,7-8,11,13,15-17H,4,6,9-10H2,1-3H3. The molecule has 18 heavy (non-hydrogen) atoms. The quantitative estimate of drug-likeness (QED) is 0.798. The van der Waals surface area contributed by atoms with Gasteiger partial charge in [-0.1, -0.05) is 37.6 Å². The summed E-state index contributed by atoms with van der Waals surface area (Å²) in [5.74, 6) is 0.738. The van der Waals surface area contributed by atoms with Gasteiger partial charge in [-0.05, 0) is 43.4 Å². The summed E-state index contributed by atoms with van der Waals surface area (Å²) in [7, 11) is 3.87. The molecule has 0 spiro atoms. The molecule has 0 saturated heterocycles. The fraction of sp³-hybridized carbons (Fsp3) is 0.625. The molecule has 0 aliphatic heterocycles. The topological polar surface area (TPSA) is 21.3 Å². The summed E-state index contributed by atoms with van der Waals surface area (Å²) in [4.78, 5) is 0. The van der Waals surface area contributed by atoms with Crippen molar-refractivity contribution in [1.29, 1.82) is 0 Å². The van der Waals surface area contributed by atoms with Crippen molar-refractivity contribution in [3.63, 3.8) is 0 Å². The maximum Gasteiger partial charge on any atom is 0.0793 e. The number of methoxy groups -OCH3 is 1. The first-order valence-electron chi connectivity index (χ1n) is 7.09. The normalized spacial score (nSPS) is 18.6. The number of ether oxygens (including phenoxy) is 1. The average Bonchev–Trinajstić information content (AvgIpc) is 3.21. The Morgan fingerprint density at radius 3 is 2.72 bits per heavy atom. The van der Waals surface area contributed by atoms with Crippen molar-refractivity contribution in [1.82, 2.24) is 5.32 Å². The van der Waals surface area contributed by atoms with E-state index in [-0.39, 0.29) is 0 Å². The van der Waals surface area contributed by atoms with E-state index in [1.807, 2.05) is 14.2 Å². The summed E-state index contributed by atoms with van der Waals surface area (Å²) in [6, 6.07) is 9.26. The lowest BCUT2D eigenvalue weighted by molar-refractivity contribution is 0.0530. The van der Waals surface area contributed by atoms with Gasteiger partial charge in [0.05, 0.1) is 12.1 Å². The van der Waals surface area contributed by atoms with Crippen LogP contribution in [-0.2, 0) is 11.2 Å². The SMILES string of the molecule is CCCc1cccc(C(NC)C(OC)C2CC2)c1. The summed E-state index contributed by atoms with van der Waals surface area (Å²) in [5.41, 5.74) is 2.79. The van der Waals surface area contributed by atoms with Gasteiger partial charge in [0.1, 0.15) is 0 Å². The van der Waals surface area contributed by atoms with Crippen LogP contribution in [0.4, 0.5) is 0 Å². The van der Waals surface area contributed by atoms with Crippen LogP contribution in [0.1, 0.15) is 43.4 Å². The summed E-state index contributed by atoms with van der Waals surface area (Å²) >= 11 is 0. The maximum absolute atomic E-state index is 5.72. The minimum atomic E-state index is 0.312. The Morgan fingerprint density at radius 2 is 2.17 bits per heavy atom. The molecular weight excluding hydrogens is 222 g/mol. The number of hydrogen-bond donors (Lipinski definition) is 1. The second-order valence-electron chi connectivity index (χ2n) is 5.30. The summed E-state index contributed by atoms with van der Waals surface area (Å²) in [6.07, 6.45) is 5.29. The molecule has 0 aromatic heterocycles. The molecular formula is C16H25NO. The van der Waals surface area contributed by atoms with Gasteiger partial charge in [-0.3, -0.25) is 0 Å². The van der Waals surface area contributed by atoms with Crippen molar-refractivity contribution in [3.05, 3.63) is 35.4 Å². The Morgan fingerprint density at radius 1 is 1.39 bits per heavy atom. The molecule has 1 aromatic rings. The van der Waals surface area contributed by atoms with Crippen LogP contribution in [0.3, 0.4) is 0 Å². The molecule has 2 unspecified atom stereocenters. The van der Waals surface area contributed by atoms with E-state index in [0.717, 1.165) is 12.3 Å². The Kier molecular flexibility index (Phi) is 4.79. The third-order valence-electron chi connectivity index (χ3n) is 3.85. The molecule has 2 atom stereocenters. The van der Waals surface area contributed by atoms with E-state index in [1.165, 1.54) is 30.4 Å². The second kappa shape index (κ2) is 6.35. The van der Waals surface area contributed by atoms with Crippen molar-refractivity contribution in [3.8, 4) is 0 Å². The lowest BCUT2D eigenvalue weighted by Crippen LogP contribution is -2.32. The summed E-state index contributed by atoms with van der Waals surface area (Å²) in [6.45, 7) is 2.23. The molecule has 2 heteroatoms. The fourth-order valence-corrected chi connectivity index (χ4v) is 2.78. The van der Waals surface area contributed by atoms with E-state index < -0.39 is 0 Å². The molecule has 1 N–H and O–H groups in total. The van der Waals surface area contributed by atoms with Crippen LogP contribution in [0.2, 0.25) is 0 Å². The van der Waals surface area contributed by atoms with Crippen molar-refractivity contribution >= 4 is 0 Å². The monoisotopic (exact) mass is 247 g/mol. The van der Waals surface area contributed by atoms with Crippen LogP contribution in [0, 0.1) is 5.92 Å². The van der Waals surface area contributed by atoms with Gasteiger partial charge in [-0.25, -0.2) is 0 Å². The third-order valence-corrected chi connectivity index (χ3v) is 3.85. The first-order valence-corrected chi connectivity index (χ1v) is 7.09. The van der Waals surface area contributed by atoms with Crippen LogP contribution < -0.4 is 5.32 Å². The molecule has 0 heterocycles. The molecule has 0 amide bonds. The molecule has 1 aliphatic rings. The van der Waals surface area contributed by atoms with E-state index in [0.29, 0.717) is 12.1 Å².